The average molecular weight is 246 g/mol. The molecule has 1 fully saturated rings. The zero-order valence-corrected chi connectivity index (χ0v) is 10.6. The van der Waals surface area contributed by atoms with Crippen molar-refractivity contribution in [2.45, 2.75) is 45.1 Å². The maximum atomic E-state index is 5.06. The Hall–Kier alpha value is -1.65. The Balaban J connectivity index is 1.84. The van der Waals surface area contributed by atoms with E-state index in [0.717, 1.165) is 17.1 Å². The van der Waals surface area contributed by atoms with E-state index in [1.54, 1.807) is 6.20 Å². The Morgan fingerprint density at radius 1 is 1.33 bits per heavy atom. The lowest BCUT2D eigenvalue weighted by molar-refractivity contribution is 0.317. The number of rotatable bonds is 3. The Kier molecular flexibility index (Phi) is 3.13. The van der Waals surface area contributed by atoms with Crippen molar-refractivity contribution < 1.29 is 4.52 Å². The second-order valence-electron chi connectivity index (χ2n) is 4.97. The first-order valence-electron chi connectivity index (χ1n) is 6.70. The van der Waals surface area contributed by atoms with E-state index in [2.05, 4.69) is 27.4 Å². The first kappa shape index (κ1) is 11.4. The van der Waals surface area contributed by atoms with Gasteiger partial charge in [-0.1, -0.05) is 31.3 Å². The zero-order valence-electron chi connectivity index (χ0n) is 10.6. The van der Waals surface area contributed by atoms with Crippen molar-refractivity contribution in [2.75, 3.05) is 5.32 Å². The minimum absolute atomic E-state index is 0.511. The highest BCUT2D eigenvalue weighted by Crippen LogP contribution is 2.30. The molecule has 2 aromatic heterocycles. The lowest BCUT2D eigenvalue weighted by Crippen LogP contribution is -2.32. The van der Waals surface area contributed by atoms with Gasteiger partial charge in [0.05, 0.1) is 6.20 Å². The normalized spacial score (nSPS) is 24.3. The quantitative estimate of drug-likeness (QED) is 0.901. The molecule has 0 radical (unpaired) electrons. The summed E-state index contributed by atoms with van der Waals surface area (Å²) in [7, 11) is 0. The zero-order chi connectivity index (χ0) is 12.4. The molecule has 3 rings (SSSR count). The third-order valence-corrected chi connectivity index (χ3v) is 3.92. The van der Waals surface area contributed by atoms with Crippen molar-refractivity contribution >= 4 is 16.9 Å². The summed E-state index contributed by atoms with van der Waals surface area (Å²) in [5.41, 5.74) is 0.552. The van der Waals surface area contributed by atoms with Crippen LogP contribution in [0.5, 0.6) is 0 Å². The predicted octanol–water partition coefficient (Wildman–Crippen LogP) is 3.00. The van der Waals surface area contributed by atoms with Crippen molar-refractivity contribution in [3.8, 4) is 0 Å². The summed E-state index contributed by atoms with van der Waals surface area (Å²) in [5.74, 6) is 1.59. The van der Waals surface area contributed by atoms with Crippen LogP contribution in [0.2, 0.25) is 0 Å². The molecular formula is C13H18N4O. The monoisotopic (exact) mass is 246 g/mol. The SMILES string of the molecule is CC[C@@H]1CCCC[C@H]1Nc1ncnc2oncc12. The molecular weight excluding hydrogens is 228 g/mol. The van der Waals surface area contributed by atoms with Gasteiger partial charge in [0.1, 0.15) is 17.5 Å². The molecule has 1 aliphatic rings. The van der Waals surface area contributed by atoms with Crippen molar-refractivity contribution in [1.82, 2.24) is 15.1 Å². The van der Waals surface area contributed by atoms with E-state index in [9.17, 15) is 0 Å². The van der Waals surface area contributed by atoms with Crippen LogP contribution in [0.1, 0.15) is 39.0 Å². The third-order valence-electron chi connectivity index (χ3n) is 3.92. The van der Waals surface area contributed by atoms with E-state index in [1.165, 1.54) is 38.4 Å². The van der Waals surface area contributed by atoms with Gasteiger partial charge in [-0.2, -0.15) is 4.98 Å². The van der Waals surface area contributed by atoms with Gasteiger partial charge in [-0.05, 0) is 18.8 Å². The van der Waals surface area contributed by atoms with Gasteiger partial charge in [-0.15, -0.1) is 0 Å². The number of aromatic nitrogens is 3. The summed E-state index contributed by atoms with van der Waals surface area (Å²) in [4.78, 5) is 8.37. The fourth-order valence-electron chi connectivity index (χ4n) is 2.87. The molecule has 2 heterocycles. The van der Waals surface area contributed by atoms with E-state index >= 15 is 0 Å². The van der Waals surface area contributed by atoms with Crippen molar-refractivity contribution in [2.24, 2.45) is 5.92 Å². The fraction of sp³-hybridized carbons (Fsp3) is 0.615. The number of hydrogen-bond donors (Lipinski definition) is 1. The van der Waals surface area contributed by atoms with Crippen molar-refractivity contribution in [1.29, 1.82) is 0 Å². The largest absolute Gasteiger partial charge is 0.366 e. The highest BCUT2D eigenvalue weighted by Gasteiger charge is 2.24. The van der Waals surface area contributed by atoms with Gasteiger partial charge >= 0.3 is 0 Å². The second kappa shape index (κ2) is 4.92. The van der Waals surface area contributed by atoms with Gasteiger partial charge in [-0.25, -0.2) is 4.98 Å². The van der Waals surface area contributed by atoms with Crippen LogP contribution in [0.3, 0.4) is 0 Å². The van der Waals surface area contributed by atoms with Gasteiger partial charge in [0.25, 0.3) is 5.71 Å². The number of hydrogen-bond acceptors (Lipinski definition) is 5. The van der Waals surface area contributed by atoms with Crippen LogP contribution in [-0.2, 0) is 0 Å². The summed E-state index contributed by atoms with van der Waals surface area (Å²) in [5, 5.41) is 8.21. The molecule has 0 aromatic carbocycles. The lowest BCUT2D eigenvalue weighted by atomic mass is 9.83. The molecule has 5 nitrogen and oxygen atoms in total. The summed E-state index contributed by atoms with van der Waals surface area (Å²) >= 11 is 0. The minimum atomic E-state index is 0.511. The van der Waals surface area contributed by atoms with E-state index in [4.69, 9.17) is 4.52 Å². The second-order valence-corrected chi connectivity index (χ2v) is 4.97. The summed E-state index contributed by atoms with van der Waals surface area (Å²) in [6, 6.07) is 0.511. The Morgan fingerprint density at radius 3 is 3.11 bits per heavy atom. The molecule has 5 heteroatoms. The van der Waals surface area contributed by atoms with Crippen LogP contribution in [0.4, 0.5) is 5.82 Å². The molecule has 2 atom stereocenters. The van der Waals surface area contributed by atoms with Crippen LogP contribution in [0.15, 0.2) is 17.0 Å². The summed E-state index contributed by atoms with van der Waals surface area (Å²) < 4.78 is 5.06. The standard InChI is InChI=1S/C13H18N4O/c1-2-9-5-3-4-6-11(9)17-12-10-7-16-18-13(10)15-8-14-12/h7-9,11H,2-6H2,1H3,(H,14,15,17)/t9-,11-/m1/s1. The molecule has 96 valence electrons. The maximum absolute atomic E-state index is 5.06. The molecule has 0 amide bonds. The van der Waals surface area contributed by atoms with Crippen molar-refractivity contribution in [3.63, 3.8) is 0 Å². The van der Waals surface area contributed by atoms with Crippen LogP contribution in [0, 0.1) is 5.92 Å². The molecule has 0 spiro atoms. The maximum Gasteiger partial charge on any atom is 0.262 e. The highest BCUT2D eigenvalue weighted by atomic mass is 16.5. The molecule has 0 unspecified atom stereocenters. The lowest BCUT2D eigenvalue weighted by Gasteiger charge is -2.31. The molecule has 1 N–H and O–H groups in total. The molecule has 1 aliphatic carbocycles. The molecule has 1 saturated carbocycles. The molecule has 18 heavy (non-hydrogen) atoms. The number of nitrogens with one attached hydrogen (secondary N) is 1. The Bertz CT molecular complexity index is 524. The molecule has 0 saturated heterocycles. The molecule has 0 bridgehead atoms. The highest BCUT2D eigenvalue weighted by molar-refractivity contribution is 5.84. The van der Waals surface area contributed by atoms with Gasteiger partial charge in [-0.3, -0.25) is 0 Å². The van der Waals surface area contributed by atoms with E-state index < -0.39 is 0 Å². The van der Waals surface area contributed by atoms with E-state index in [-0.39, 0.29) is 0 Å². The first-order valence-corrected chi connectivity index (χ1v) is 6.70. The van der Waals surface area contributed by atoms with Crippen LogP contribution < -0.4 is 5.32 Å². The summed E-state index contributed by atoms with van der Waals surface area (Å²) in [6.45, 7) is 2.26. The van der Waals surface area contributed by atoms with Gasteiger partial charge in [0.15, 0.2) is 0 Å². The van der Waals surface area contributed by atoms with Crippen LogP contribution in [0.25, 0.3) is 11.1 Å². The van der Waals surface area contributed by atoms with Gasteiger partial charge in [0, 0.05) is 6.04 Å². The molecule has 0 aliphatic heterocycles. The summed E-state index contributed by atoms with van der Waals surface area (Å²) in [6.07, 6.45) is 9.60. The van der Waals surface area contributed by atoms with Crippen LogP contribution >= 0.6 is 0 Å². The van der Waals surface area contributed by atoms with E-state index in [0.29, 0.717) is 11.8 Å². The third kappa shape index (κ3) is 2.05. The smallest absolute Gasteiger partial charge is 0.262 e. The van der Waals surface area contributed by atoms with Crippen LogP contribution in [-0.4, -0.2) is 21.2 Å². The predicted molar refractivity (Wildman–Crippen MR) is 69.3 cm³/mol. The molecule has 2 aromatic rings. The first-order chi connectivity index (χ1) is 8.88. The van der Waals surface area contributed by atoms with Crippen molar-refractivity contribution in [3.05, 3.63) is 12.5 Å². The topological polar surface area (TPSA) is 63.8 Å². The average Bonchev–Trinajstić information content (AvgIpc) is 2.89. The van der Waals surface area contributed by atoms with Gasteiger partial charge in [0.2, 0.25) is 0 Å². The Morgan fingerprint density at radius 2 is 2.22 bits per heavy atom. The minimum Gasteiger partial charge on any atom is -0.366 e. The number of anilines is 1. The fourth-order valence-corrected chi connectivity index (χ4v) is 2.87. The van der Waals surface area contributed by atoms with Gasteiger partial charge < -0.3 is 9.84 Å². The Labute approximate surface area is 106 Å². The van der Waals surface area contributed by atoms with E-state index in [1.807, 2.05) is 0 Å². The number of nitrogens with zero attached hydrogens (tertiary/aromatic N) is 3. The number of fused-ring (bicyclic) bond motifs is 1.